The molecule has 74 valence electrons. The van der Waals surface area contributed by atoms with Crippen LogP contribution in [0.25, 0.3) is 0 Å². The van der Waals surface area contributed by atoms with Crippen LogP contribution >= 0.6 is 0 Å². The molecule has 0 amide bonds. The average Bonchev–Trinajstić information content (AvgIpc) is 2.19. The molecule has 1 aromatic carbocycles. The topological polar surface area (TPSA) is 17.1 Å². The van der Waals surface area contributed by atoms with Gasteiger partial charge < -0.3 is 0 Å². The van der Waals surface area contributed by atoms with Crippen molar-refractivity contribution in [3.63, 3.8) is 0 Å². The molecule has 0 unspecified atom stereocenters. The van der Waals surface area contributed by atoms with Crippen molar-refractivity contribution in [2.75, 3.05) is 0 Å². The number of hydrogen-bond acceptors (Lipinski definition) is 1. The number of ketones is 1. The molecule has 0 atom stereocenters. The summed E-state index contributed by atoms with van der Waals surface area (Å²) in [5, 5.41) is 0. The van der Waals surface area contributed by atoms with Gasteiger partial charge in [-0.1, -0.05) is 50.3 Å². The summed E-state index contributed by atoms with van der Waals surface area (Å²) in [4.78, 5) is 11.9. The molecule has 1 heteroatoms. The molecular weight excluding hydrogens is 172 g/mol. The Labute approximate surface area is 85.5 Å². The fraction of sp³-hybridized carbons (Fsp3) is 0.308. The second kappa shape index (κ2) is 4.75. The lowest BCUT2D eigenvalue weighted by Gasteiger charge is -2.09. The number of carbonyl (C=O) groups is 1. The Morgan fingerprint density at radius 3 is 2.21 bits per heavy atom. The summed E-state index contributed by atoms with van der Waals surface area (Å²) in [6, 6.07) is 9.41. The second-order valence-electron chi connectivity index (χ2n) is 3.59. The predicted molar refractivity (Wildman–Crippen MR) is 59.4 cm³/mol. The van der Waals surface area contributed by atoms with Crippen LogP contribution in [0.3, 0.4) is 0 Å². The summed E-state index contributed by atoms with van der Waals surface area (Å²) in [5.74, 6) is 0.427. The molecule has 0 spiro atoms. The molecule has 0 aliphatic rings. The second-order valence-corrected chi connectivity index (χ2v) is 3.59. The van der Waals surface area contributed by atoms with Crippen molar-refractivity contribution in [2.45, 2.75) is 20.8 Å². The molecule has 0 heterocycles. The number of rotatable bonds is 3. The van der Waals surface area contributed by atoms with Crippen LogP contribution in [0.1, 0.15) is 31.1 Å². The van der Waals surface area contributed by atoms with Crippen LogP contribution in [0, 0.1) is 5.92 Å². The largest absolute Gasteiger partial charge is 0.289 e. The van der Waals surface area contributed by atoms with E-state index in [1.807, 2.05) is 57.2 Å². The van der Waals surface area contributed by atoms with Gasteiger partial charge in [-0.05, 0) is 18.4 Å². The minimum Gasteiger partial charge on any atom is -0.289 e. The summed E-state index contributed by atoms with van der Waals surface area (Å²) in [6.07, 6.45) is 1.90. The van der Waals surface area contributed by atoms with Crippen molar-refractivity contribution >= 4 is 5.78 Å². The highest BCUT2D eigenvalue weighted by Crippen LogP contribution is 2.15. The Morgan fingerprint density at radius 2 is 1.79 bits per heavy atom. The quantitative estimate of drug-likeness (QED) is 0.524. The first-order valence-corrected chi connectivity index (χ1v) is 4.92. The highest BCUT2D eigenvalue weighted by Gasteiger charge is 2.13. The van der Waals surface area contributed by atoms with E-state index in [0.29, 0.717) is 0 Å². The smallest absolute Gasteiger partial charge is 0.188 e. The molecule has 0 radical (unpaired) electrons. The Balaban J connectivity index is 2.96. The molecule has 1 nitrogen and oxygen atoms in total. The van der Waals surface area contributed by atoms with Crippen LogP contribution in [0.2, 0.25) is 0 Å². The van der Waals surface area contributed by atoms with E-state index in [2.05, 4.69) is 0 Å². The van der Waals surface area contributed by atoms with Crippen LogP contribution in [0.5, 0.6) is 0 Å². The van der Waals surface area contributed by atoms with E-state index < -0.39 is 0 Å². The third-order valence-electron chi connectivity index (χ3n) is 2.23. The molecule has 0 aliphatic carbocycles. The first kappa shape index (κ1) is 10.7. The van der Waals surface area contributed by atoms with Crippen molar-refractivity contribution in [1.82, 2.24) is 0 Å². The molecule has 0 aromatic heterocycles. The number of Topliss-reactive ketones (excluding diaryl/α,β-unsaturated/α-hetero) is 1. The molecule has 1 aromatic rings. The SMILES string of the molecule is CC=C(C(=O)c1ccccc1)C(C)C. The van der Waals surface area contributed by atoms with Gasteiger partial charge in [0.25, 0.3) is 0 Å². The van der Waals surface area contributed by atoms with Crippen LogP contribution in [0.15, 0.2) is 42.0 Å². The van der Waals surface area contributed by atoms with Crippen LogP contribution in [-0.2, 0) is 0 Å². The zero-order valence-corrected chi connectivity index (χ0v) is 8.95. The fourth-order valence-corrected chi connectivity index (χ4v) is 1.48. The molecule has 0 fully saturated rings. The third kappa shape index (κ3) is 2.32. The monoisotopic (exact) mass is 188 g/mol. The van der Waals surface area contributed by atoms with Gasteiger partial charge >= 0.3 is 0 Å². The Bertz CT molecular complexity index is 334. The van der Waals surface area contributed by atoms with Gasteiger partial charge in [0.2, 0.25) is 0 Å². The Hall–Kier alpha value is -1.37. The lowest BCUT2D eigenvalue weighted by Crippen LogP contribution is -2.08. The third-order valence-corrected chi connectivity index (χ3v) is 2.23. The minimum absolute atomic E-state index is 0.142. The maximum Gasteiger partial charge on any atom is 0.188 e. The molecule has 0 aliphatic heterocycles. The van der Waals surface area contributed by atoms with Crippen LogP contribution in [-0.4, -0.2) is 5.78 Å². The summed E-state index contributed by atoms with van der Waals surface area (Å²) < 4.78 is 0. The summed E-state index contributed by atoms with van der Waals surface area (Å²) in [7, 11) is 0. The molecular formula is C13H16O. The molecule has 0 saturated carbocycles. The molecule has 1 rings (SSSR count). The maximum absolute atomic E-state index is 11.9. The van der Waals surface area contributed by atoms with E-state index in [1.165, 1.54) is 0 Å². The number of hydrogen-bond donors (Lipinski definition) is 0. The fourth-order valence-electron chi connectivity index (χ4n) is 1.48. The first-order valence-electron chi connectivity index (χ1n) is 4.92. The zero-order chi connectivity index (χ0) is 10.6. The van der Waals surface area contributed by atoms with E-state index in [9.17, 15) is 4.79 Å². The highest BCUT2D eigenvalue weighted by molar-refractivity contribution is 6.08. The van der Waals surface area contributed by atoms with Crippen molar-refractivity contribution < 1.29 is 4.79 Å². The highest BCUT2D eigenvalue weighted by atomic mass is 16.1. The zero-order valence-electron chi connectivity index (χ0n) is 8.95. The predicted octanol–water partition coefficient (Wildman–Crippen LogP) is 3.47. The summed E-state index contributed by atoms with van der Waals surface area (Å²) >= 11 is 0. The Morgan fingerprint density at radius 1 is 1.21 bits per heavy atom. The lowest BCUT2D eigenvalue weighted by atomic mass is 9.94. The Kier molecular flexibility index (Phi) is 3.63. The van der Waals surface area contributed by atoms with E-state index >= 15 is 0 Å². The van der Waals surface area contributed by atoms with Gasteiger partial charge in [-0.2, -0.15) is 0 Å². The van der Waals surface area contributed by atoms with E-state index in [-0.39, 0.29) is 11.7 Å². The van der Waals surface area contributed by atoms with Gasteiger partial charge in [-0.25, -0.2) is 0 Å². The molecule has 0 bridgehead atoms. The number of allylic oxidation sites excluding steroid dienone is 2. The van der Waals surface area contributed by atoms with Gasteiger partial charge in [-0.15, -0.1) is 0 Å². The van der Waals surface area contributed by atoms with Gasteiger partial charge in [0.05, 0.1) is 0 Å². The summed E-state index contributed by atoms with van der Waals surface area (Å²) in [6.45, 7) is 5.99. The van der Waals surface area contributed by atoms with Gasteiger partial charge in [-0.3, -0.25) is 4.79 Å². The number of carbonyl (C=O) groups excluding carboxylic acids is 1. The average molecular weight is 188 g/mol. The molecule has 0 saturated heterocycles. The van der Waals surface area contributed by atoms with Gasteiger partial charge in [0.1, 0.15) is 0 Å². The van der Waals surface area contributed by atoms with Crippen LogP contribution in [0.4, 0.5) is 0 Å². The van der Waals surface area contributed by atoms with Crippen molar-refractivity contribution in [3.05, 3.63) is 47.5 Å². The minimum atomic E-state index is 0.142. The maximum atomic E-state index is 11.9. The standard InChI is InChI=1S/C13H16O/c1-4-12(10(2)3)13(14)11-8-6-5-7-9-11/h4-10H,1-3H3. The summed E-state index contributed by atoms with van der Waals surface area (Å²) in [5.41, 5.74) is 1.66. The van der Waals surface area contributed by atoms with Crippen molar-refractivity contribution in [3.8, 4) is 0 Å². The van der Waals surface area contributed by atoms with Gasteiger partial charge in [0, 0.05) is 5.56 Å². The van der Waals surface area contributed by atoms with Gasteiger partial charge in [0.15, 0.2) is 5.78 Å². The normalized spacial score (nSPS) is 11.9. The lowest BCUT2D eigenvalue weighted by molar-refractivity contribution is 0.102. The number of benzene rings is 1. The van der Waals surface area contributed by atoms with E-state index in [1.54, 1.807) is 0 Å². The van der Waals surface area contributed by atoms with Crippen molar-refractivity contribution in [1.29, 1.82) is 0 Å². The van der Waals surface area contributed by atoms with Crippen molar-refractivity contribution in [2.24, 2.45) is 5.92 Å². The van der Waals surface area contributed by atoms with Crippen LogP contribution < -0.4 is 0 Å². The van der Waals surface area contributed by atoms with E-state index in [4.69, 9.17) is 0 Å². The first-order chi connectivity index (χ1) is 6.66. The molecule has 14 heavy (non-hydrogen) atoms. The molecule has 0 N–H and O–H groups in total. The van der Waals surface area contributed by atoms with E-state index in [0.717, 1.165) is 11.1 Å².